The van der Waals surface area contributed by atoms with Crippen LogP contribution in [0, 0.1) is 10.1 Å². The van der Waals surface area contributed by atoms with E-state index in [9.17, 15) is 10.1 Å². The van der Waals surface area contributed by atoms with Gasteiger partial charge in [0.1, 0.15) is 5.75 Å². The van der Waals surface area contributed by atoms with E-state index in [1.54, 1.807) is 12.1 Å². The molecule has 0 bridgehead atoms. The van der Waals surface area contributed by atoms with Crippen LogP contribution in [-0.2, 0) is 0 Å². The van der Waals surface area contributed by atoms with Gasteiger partial charge in [-0.3, -0.25) is 10.1 Å². The maximum atomic E-state index is 10.6. The minimum atomic E-state index is -0.400. The summed E-state index contributed by atoms with van der Waals surface area (Å²) >= 11 is 0. The molecule has 0 spiro atoms. The highest BCUT2D eigenvalue weighted by atomic mass is 16.6. The third-order valence-corrected chi connectivity index (χ3v) is 3.61. The van der Waals surface area contributed by atoms with Crippen LogP contribution in [-0.4, -0.2) is 36.1 Å². The third-order valence-electron chi connectivity index (χ3n) is 3.61. The maximum absolute atomic E-state index is 10.6. The lowest BCUT2D eigenvalue weighted by Crippen LogP contribution is -2.20. The van der Waals surface area contributed by atoms with E-state index in [4.69, 9.17) is 4.74 Å². The summed E-state index contributed by atoms with van der Waals surface area (Å²) in [5.74, 6) is 0.582. The van der Waals surface area contributed by atoms with Crippen molar-refractivity contribution in [1.82, 2.24) is 4.90 Å². The second-order valence-electron chi connectivity index (χ2n) is 5.21. The molecule has 1 aliphatic rings. The molecule has 0 aromatic heterocycles. The Morgan fingerprint density at radius 2 is 2.00 bits per heavy atom. The molecule has 1 aromatic carbocycles. The molecule has 5 heteroatoms. The SMILES string of the molecule is O=[N+]([O-])c1cccc(OCCCCCN2CCCC2)c1. The topological polar surface area (TPSA) is 55.6 Å². The highest BCUT2D eigenvalue weighted by molar-refractivity contribution is 5.37. The van der Waals surface area contributed by atoms with Gasteiger partial charge < -0.3 is 9.64 Å². The molecule has 1 heterocycles. The quantitative estimate of drug-likeness (QED) is 0.416. The number of non-ortho nitro benzene ring substituents is 1. The normalized spacial score (nSPS) is 15.4. The summed E-state index contributed by atoms with van der Waals surface area (Å²) in [6.45, 7) is 4.33. The number of likely N-dealkylation sites (tertiary alicyclic amines) is 1. The van der Waals surface area contributed by atoms with Crippen molar-refractivity contribution in [3.63, 3.8) is 0 Å². The first-order chi connectivity index (χ1) is 9.75. The number of hydrogen-bond acceptors (Lipinski definition) is 4. The standard InChI is InChI=1S/C15H22N2O3/c18-17(19)14-7-6-8-15(13-14)20-12-5-1-2-9-16-10-3-4-11-16/h6-8,13H,1-5,9-12H2. The van der Waals surface area contributed by atoms with Crippen molar-refractivity contribution in [3.8, 4) is 5.75 Å². The van der Waals surface area contributed by atoms with Crippen LogP contribution in [0.4, 0.5) is 5.69 Å². The number of ether oxygens (including phenoxy) is 1. The fraction of sp³-hybridized carbons (Fsp3) is 0.600. The Balaban J connectivity index is 1.58. The zero-order valence-corrected chi connectivity index (χ0v) is 11.8. The molecule has 110 valence electrons. The van der Waals surface area contributed by atoms with Gasteiger partial charge in [-0.1, -0.05) is 6.07 Å². The van der Waals surface area contributed by atoms with Crippen LogP contribution in [0.1, 0.15) is 32.1 Å². The van der Waals surface area contributed by atoms with Crippen molar-refractivity contribution in [2.75, 3.05) is 26.2 Å². The molecule has 0 atom stereocenters. The Kier molecular flexibility index (Phi) is 5.80. The second-order valence-corrected chi connectivity index (χ2v) is 5.21. The van der Waals surface area contributed by atoms with Gasteiger partial charge in [0, 0.05) is 6.07 Å². The highest BCUT2D eigenvalue weighted by Gasteiger charge is 2.10. The van der Waals surface area contributed by atoms with Gasteiger partial charge in [0.05, 0.1) is 17.6 Å². The Hall–Kier alpha value is -1.62. The van der Waals surface area contributed by atoms with E-state index in [0.717, 1.165) is 12.8 Å². The summed E-state index contributed by atoms with van der Waals surface area (Å²) in [7, 11) is 0. The molecule has 1 fully saturated rings. The first-order valence-corrected chi connectivity index (χ1v) is 7.35. The number of nitro benzene ring substituents is 1. The van der Waals surface area contributed by atoms with Crippen molar-refractivity contribution < 1.29 is 9.66 Å². The molecule has 0 radical (unpaired) electrons. The van der Waals surface area contributed by atoms with Crippen molar-refractivity contribution in [2.24, 2.45) is 0 Å². The number of hydrogen-bond donors (Lipinski definition) is 0. The lowest BCUT2D eigenvalue weighted by Gasteiger charge is -2.13. The highest BCUT2D eigenvalue weighted by Crippen LogP contribution is 2.19. The first kappa shape index (κ1) is 14.8. The summed E-state index contributed by atoms with van der Waals surface area (Å²) in [6, 6.07) is 6.37. The summed E-state index contributed by atoms with van der Waals surface area (Å²) in [5.41, 5.74) is 0.0801. The summed E-state index contributed by atoms with van der Waals surface area (Å²) in [6.07, 6.45) is 6.03. The number of unbranched alkanes of at least 4 members (excludes halogenated alkanes) is 2. The largest absolute Gasteiger partial charge is 0.493 e. The predicted octanol–water partition coefficient (Wildman–Crippen LogP) is 3.24. The molecular formula is C15H22N2O3. The number of nitro groups is 1. The van der Waals surface area contributed by atoms with Crippen LogP contribution < -0.4 is 4.74 Å². The van der Waals surface area contributed by atoms with E-state index in [0.29, 0.717) is 12.4 Å². The van der Waals surface area contributed by atoms with Crippen molar-refractivity contribution in [1.29, 1.82) is 0 Å². The van der Waals surface area contributed by atoms with E-state index in [1.165, 1.54) is 51.0 Å². The predicted molar refractivity (Wildman–Crippen MR) is 78.1 cm³/mol. The smallest absolute Gasteiger partial charge is 0.273 e. The lowest BCUT2D eigenvalue weighted by molar-refractivity contribution is -0.384. The monoisotopic (exact) mass is 278 g/mol. The van der Waals surface area contributed by atoms with Crippen LogP contribution in [0.15, 0.2) is 24.3 Å². The van der Waals surface area contributed by atoms with Crippen LogP contribution in [0.5, 0.6) is 5.75 Å². The van der Waals surface area contributed by atoms with Crippen molar-refractivity contribution >= 4 is 5.69 Å². The molecular weight excluding hydrogens is 256 g/mol. The zero-order valence-electron chi connectivity index (χ0n) is 11.8. The molecule has 0 N–H and O–H groups in total. The van der Waals surface area contributed by atoms with Crippen LogP contribution in [0.25, 0.3) is 0 Å². The Labute approximate surface area is 119 Å². The van der Waals surface area contributed by atoms with E-state index >= 15 is 0 Å². The summed E-state index contributed by atoms with van der Waals surface area (Å²) < 4.78 is 5.55. The van der Waals surface area contributed by atoms with E-state index < -0.39 is 4.92 Å². The third kappa shape index (κ3) is 4.81. The molecule has 20 heavy (non-hydrogen) atoms. The van der Waals surface area contributed by atoms with Gasteiger partial charge >= 0.3 is 0 Å². The average molecular weight is 278 g/mol. The zero-order chi connectivity index (χ0) is 14.2. The van der Waals surface area contributed by atoms with E-state index in [1.807, 2.05) is 0 Å². The molecule has 5 nitrogen and oxygen atoms in total. The maximum Gasteiger partial charge on any atom is 0.273 e. The second kappa shape index (κ2) is 7.85. The fourth-order valence-electron chi connectivity index (χ4n) is 2.50. The van der Waals surface area contributed by atoms with Gasteiger partial charge in [-0.15, -0.1) is 0 Å². The van der Waals surface area contributed by atoms with E-state index in [2.05, 4.69) is 4.90 Å². The Morgan fingerprint density at radius 1 is 1.20 bits per heavy atom. The molecule has 0 amide bonds. The molecule has 0 saturated carbocycles. The van der Waals surface area contributed by atoms with Gasteiger partial charge in [0.25, 0.3) is 5.69 Å². The van der Waals surface area contributed by atoms with Crippen LogP contribution in [0.3, 0.4) is 0 Å². The molecule has 1 aromatic rings. The number of nitrogens with zero attached hydrogens (tertiary/aromatic N) is 2. The lowest BCUT2D eigenvalue weighted by atomic mass is 10.2. The summed E-state index contributed by atoms with van der Waals surface area (Å²) in [5, 5.41) is 10.6. The number of benzene rings is 1. The fourth-order valence-corrected chi connectivity index (χ4v) is 2.50. The van der Waals surface area contributed by atoms with Gasteiger partial charge in [-0.25, -0.2) is 0 Å². The van der Waals surface area contributed by atoms with Gasteiger partial charge in [0.15, 0.2) is 0 Å². The Bertz CT molecular complexity index is 431. The molecule has 1 aliphatic heterocycles. The Morgan fingerprint density at radius 3 is 2.75 bits per heavy atom. The molecule has 0 unspecified atom stereocenters. The van der Waals surface area contributed by atoms with Crippen LogP contribution >= 0.6 is 0 Å². The molecule has 2 rings (SSSR count). The van der Waals surface area contributed by atoms with Gasteiger partial charge in [-0.05, 0) is 57.8 Å². The molecule has 1 saturated heterocycles. The van der Waals surface area contributed by atoms with Crippen LogP contribution in [0.2, 0.25) is 0 Å². The summed E-state index contributed by atoms with van der Waals surface area (Å²) in [4.78, 5) is 12.8. The number of rotatable bonds is 8. The first-order valence-electron chi connectivity index (χ1n) is 7.35. The average Bonchev–Trinajstić information content (AvgIpc) is 2.96. The minimum absolute atomic E-state index is 0.0801. The van der Waals surface area contributed by atoms with Crippen molar-refractivity contribution in [3.05, 3.63) is 34.4 Å². The van der Waals surface area contributed by atoms with E-state index in [-0.39, 0.29) is 5.69 Å². The van der Waals surface area contributed by atoms with Gasteiger partial charge in [-0.2, -0.15) is 0 Å². The minimum Gasteiger partial charge on any atom is -0.493 e. The van der Waals surface area contributed by atoms with Gasteiger partial charge in [0.2, 0.25) is 0 Å². The molecule has 0 aliphatic carbocycles. The van der Waals surface area contributed by atoms with Crippen molar-refractivity contribution in [2.45, 2.75) is 32.1 Å².